The molecule has 0 spiro atoms. The van der Waals surface area contributed by atoms with E-state index < -0.39 is 118 Å². The molecule has 1 unspecified atom stereocenters. The van der Waals surface area contributed by atoms with Crippen LogP contribution >= 0.6 is 11.3 Å². The molecule has 1 aromatic carbocycles. The van der Waals surface area contributed by atoms with Gasteiger partial charge in [0.05, 0.1) is 48.2 Å². The SMILES string of the molecule is CCOC(=O)O[C@H]1C(=O)[C@@]2(C)C([C@H](OC(=O)c3ccccc3)[C@]3(O)C[C@H](OC(=O)[C@H](C)[C@@H](NC(=O)OC(C)(C)C)c4cccs4)C(C)=C1C3(C)C)[C@]1(OC(C)=O)CO[C@@H]1C[C@@H]2O. The van der Waals surface area contributed by atoms with Gasteiger partial charge in [-0.25, -0.2) is 14.4 Å². The van der Waals surface area contributed by atoms with Crippen LogP contribution in [0, 0.1) is 22.7 Å². The maximum atomic E-state index is 15.6. The number of aliphatic hydroxyl groups is 2. The van der Waals surface area contributed by atoms with Gasteiger partial charge in [-0.05, 0) is 83.2 Å². The Morgan fingerprint density at radius 3 is 2.26 bits per heavy atom. The van der Waals surface area contributed by atoms with E-state index in [0.717, 1.165) is 6.92 Å². The lowest BCUT2D eigenvalue weighted by Crippen LogP contribution is -2.82. The van der Waals surface area contributed by atoms with Crippen LogP contribution in [0.15, 0.2) is 59.0 Å². The van der Waals surface area contributed by atoms with Crippen LogP contribution in [0.4, 0.5) is 9.59 Å². The molecule has 62 heavy (non-hydrogen) atoms. The summed E-state index contributed by atoms with van der Waals surface area (Å²) in [5, 5.41) is 30.4. The molecule has 2 heterocycles. The van der Waals surface area contributed by atoms with Crippen LogP contribution in [0.25, 0.3) is 0 Å². The van der Waals surface area contributed by atoms with Gasteiger partial charge in [-0.3, -0.25) is 14.4 Å². The van der Waals surface area contributed by atoms with Crippen molar-refractivity contribution in [1.82, 2.24) is 5.32 Å². The normalized spacial score (nSPS) is 32.2. The average molecular weight is 884 g/mol. The van der Waals surface area contributed by atoms with Gasteiger partial charge in [0.15, 0.2) is 17.5 Å². The first-order chi connectivity index (χ1) is 28.9. The van der Waals surface area contributed by atoms with Gasteiger partial charge in [0, 0.05) is 30.1 Å². The summed E-state index contributed by atoms with van der Waals surface area (Å²) < 4.78 is 41.3. The molecule has 1 amide bonds. The smallest absolute Gasteiger partial charge is 0.457 e. The Bertz CT molecular complexity index is 2100. The molecule has 11 atom stereocenters. The highest BCUT2D eigenvalue weighted by Crippen LogP contribution is 2.64. The number of esters is 3. The fourth-order valence-corrected chi connectivity index (χ4v) is 10.7. The Labute approximate surface area is 364 Å². The highest BCUT2D eigenvalue weighted by atomic mass is 32.1. The van der Waals surface area contributed by atoms with Crippen molar-refractivity contribution in [1.29, 1.82) is 0 Å². The van der Waals surface area contributed by atoms with Crippen molar-refractivity contribution in [3.63, 3.8) is 0 Å². The zero-order chi connectivity index (χ0) is 45.7. The number of ketones is 1. The number of Topliss-reactive ketones (excluding diaryl/α,β-unsaturated/α-hetero) is 1. The van der Waals surface area contributed by atoms with Crippen molar-refractivity contribution in [3.05, 3.63) is 69.4 Å². The van der Waals surface area contributed by atoms with Crippen molar-refractivity contribution >= 4 is 47.3 Å². The molecule has 3 fully saturated rings. The van der Waals surface area contributed by atoms with Crippen molar-refractivity contribution in [2.75, 3.05) is 13.2 Å². The van der Waals surface area contributed by atoms with Crippen LogP contribution in [0.2, 0.25) is 0 Å². The van der Waals surface area contributed by atoms with E-state index in [1.165, 1.54) is 30.4 Å². The maximum absolute atomic E-state index is 15.6. The van der Waals surface area contributed by atoms with Crippen LogP contribution in [0.3, 0.4) is 0 Å². The van der Waals surface area contributed by atoms with Crippen LogP contribution in [-0.2, 0) is 47.5 Å². The van der Waals surface area contributed by atoms with Gasteiger partial charge in [0.2, 0.25) is 0 Å². The first-order valence-corrected chi connectivity index (χ1v) is 21.6. The summed E-state index contributed by atoms with van der Waals surface area (Å²) >= 11 is 1.29. The molecule has 16 nitrogen and oxygen atoms in total. The molecule has 4 aliphatic rings. The lowest BCUT2D eigenvalue weighted by molar-refractivity contribution is -0.346. The predicted octanol–water partition coefficient (Wildman–Crippen LogP) is 5.78. The average Bonchev–Trinajstić information content (AvgIpc) is 3.72. The zero-order valence-corrected chi connectivity index (χ0v) is 37.5. The second-order valence-electron chi connectivity index (χ2n) is 18.3. The Kier molecular flexibility index (Phi) is 12.8. The number of carbonyl (C=O) groups excluding carboxylic acids is 6. The van der Waals surface area contributed by atoms with E-state index >= 15 is 4.79 Å². The minimum atomic E-state index is -2.35. The Balaban J connectivity index is 1.55. The number of hydrogen-bond acceptors (Lipinski definition) is 16. The molecule has 2 saturated carbocycles. The van der Waals surface area contributed by atoms with Crippen LogP contribution in [0.5, 0.6) is 0 Å². The van der Waals surface area contributed by atoms with Gasteiger partial charge >= 0.3 is 30.2 Å². The number of aliphatic hydroxyl groups excluding tert-OH is 1. The topological polar surface area (TPSA) is 220 Å². The number of ether oxygens (including phenoxy) is 7. The van der Waals surface area contributed by atoms with Crippen molar-refractivity contribution < 1.29 is 72.1 Å². The first kappa shape index (κ1) is 46.7. The minimum absolute atomic E-state index is 0.0117. The molecular weight excluding hydrogens is 827 g/mol. The van der Waals surface area contributed by atoms with E-state index in [2.05, 4.69) is 5.32 Å². The van der Waals surface area contributed by atoms with Crippen molar-refractivity contribution in [2.45, 2.75) is 135 Å². The largest absolute Gasteiger partial charge is 0.509 e. The molecule has 17 heteroatoms. The van der Waals surface area contributed by atoms with Gasteiger partial charge in [-0.15, -0.1) is 11.3 Å². The summed E-state index contributed by atoms with van der Waals surface area (Å²) in [5.74, 6) is -5.99. The Hall–Kier alpha value is -4.84. The van der Waals surface area contributed by atoms with Gasteiger partial charge in [-0.1, -0.05) is 38.1 Å². The van der Waals surface area contributed by atoms with E-state index in [1.54, 1.807) is 91.1 Å². The van der Waals surface area contributed by atoms with Crippen LogP contribution in [-0.4, -0.2) is 107 Å². The Morgan fingerprint density at radius 2 is 1.69 bits per heavy atom. The molecule has 0 radical (unpaired) electrons. The van der Waals surface area contributed by atoms with Gasteiger partial charge in [-0.2, -0.15) is 0 Å². The summed E-state index contributed by atoms with van der Waals surface area (Å²) in [7, 11) is 0. The summed E-state index contributed by atoms with van der Waals surface area (Å²) in [4.78, 5) is 84.5. The zero-order valence-electron chi connectivity index (χ0n) is 36.7. The predicted molar refractivity (Wildman–Crippen MR) is 221 cm³/mol. The molecule has 1 saturated heterocycles. The number of amides is 1. The summed E-state index contributed by atoms with van der Waals surface area (Å²) in [6.45, 7) is 15.1. The molecule has 1 aromatic heterocycles. The standard InChI is InChI=1S/C45H57NO15S/c1-11-55-40(53)58-33-31-23(2)27(57-37(50)24(3)32(28-18-15-19-62-28)46-39(52)61-41(5,6)7)21-45(54,42(31,8)9)36(59-38(51)26-16-13-12-14-17-26)34-43(10,35(33)49)29(48)20-30-44(34,22-56-30)60-25(4)47/h12-19,24,27,29-30,32-34,36,48,54H,11,20-22H2,1-10H3,(H,46,52)/t24-,27+,29+,30-,32-,33-,34?,36+,43-,44+,45-/m1/s1. The number of alkyl carbamates (subject to hydrolysis) is 1. The minimum Gasteiger partial charge on any atom is -0.457 e. The van der Waals surface area contributed by atoms with Crippen LogP contribution < -0.4 is 5.32 Å². The number of hydrogen-bond donors (Lipinski definition) is 3. The highest BCUT2D eigenvalue weighted by Gasteiger charge is 2.78. The summed E-state index contributed by atoms with van der Waals surface area (Å²) in [6.07, 6.45) is -10.3. The monoisotopic (exact) mass is 883 g/mol. The quantitative estimate of drug-likeness (QED) is 0.146. The first-order valence-electron chi connectivity index (χ1n) is 20.7. The third-order valence-electron chi connectivity index (χ3n) is 13.0. The number of carbonyl (C=O) groups is 6. The van der Waals surface area contributed by atoms with Gasteiger partial charge in [0.25, 0.3) is 0 Å². The number of benzene rings is 1. The van der Waals surface area contributed by atoms with E-state index in [1.807, 2.05) is 0 Å². The third kappa shape index (κ3) is 8.12. The number of thiophene rings is 1. The summed E-state index contributed by atoms with van der Waals surface area (Å²) in [5.41, 5.74) is -8.36. The molecule has 2 aromatic rings. The maximum Gasteiger partial charge on any atom is 0.509 e. The summed E-state index contributed by atoms with van der Waals surface area (Å²) in [6, 6.07) is 10.5. The van der Waals surface area contributed by atoms with E-state index in [4.69, 9.17) is 33.2 Å². The van der Waals surface area contributed by atoms with Crippen molar-refractivity contribution in [3.8, 4) is 0 Å². The Morgan fingerprint density at radius 1 is 1.02 bits per heavy atom. The number of fused-ring (bicyclic) bond motifs is 5. The van der Waals surface area contributed by atoms with Crippen LogP contribution in [0.1, 0.15) is 103 Å². The second kappa shape index (κ2) is 17.0. The molecule has 3 N–H and O–H groups in total. The van der Waals surface area contributed by atoms with Gasteiger partial charge < -0.3 is 48.7 Å². The fraction of sp³-hybridized carbons (Fsp3) is 0.600. The molecule has 6 rings (SSSR count). The van der Waals surface area contributed by atoms with E-state index in [9.17, 15) is 34.2 Å². The molecule has 3 aliphatic carbocycles. The molecule has 1 aliphatic heterocycles. The number of rotatable bonds is 10. The number of nitrogens with one attached hydrogen (secondary N) is 1. The fourth-order valence-electron chi connectivity index (χ4n) is 9.83. The van der Waals surface area contributed by atoms with E-state index in [0.29, 0.717) is 4.88 Å². The highest BCUT2D eigenvalue weighted by molar-refractivity contribution is 7.10. The third-order valence-corrected chi connectivity index (χ3v) is 14.0. The molecule has 338 valence electrons. The van der Waals surface area contributed by atoms with Gasteiger partial charge in [0.1, 0.15) is 29.5 Å². The lowest BCUT2D eigenvalue weighted by atomic mass is 9.44. The lowest BCUT2D eigenvalue weighted by Gasteiger charge is -2.67. The van der Waals surface area contributed by atoms with E-state index in [-0.39, 0.29) is 36.3 Å². The second-order valence-corrected chi connectivity index (χ2v) is 19.3. The molecular formula is C45H57NO15S. The molecule has 2 bridgehead atoms. The van der Waals surface area contributed by atoms with Crippen molar-refractivity contribution in [2.24, 2.45) is 22.7 Å².